The maximum absolute atomic E-state index is 12.8. The van der Waals surface area contributed by atoms with E-state index in [4.69, 9.17) is 4.99 Å². The average Bonchev–Trinajstić information content (AvgIpc) is 3.28. The Morgan fingerprint density at radius 1 is 1.30 bits per heavy atom. The van der Waals surface area contributed by atoms with Crippen molar-refractivity contribution in [1.29, 1.82) is 0 Å². The van der Waals surface area contributed by atoms with E-state index in [9.17, 15) is 4.79 Å². The van der Waals surface area contributed by atoms with E-state index in [0.717, 1.165) is 29.8 Å². The molecule has 3 aromatic heterocycles. The molecule has 0 amide bonds. The smallest absolute Gasteiger partial charge is 0.260 e. The van der Waals surface area contributed by atoms with Gasteiger partial charge in [-0.05, 0) is 13.3 Å². The second-order valence-electron chi connectivity index (χ2n) is 5.68. The zero-order valence-electron chi connectivity index (χ0n) is 13.2. The Kier molecular flexibility index (Phi) is 3.14. The van der Waals surface area contributed by atoms with Crippen LogP contribution < -0.4 is 5.56 Å². The van der Waals surface area contributed by atoms with Crippen molar-refractivity contribution in [2.24, 2.45) is 4.99 Å². The third kappa shape index (κ3) is 2.03. The van der Waals surface area contributed by atoms with Crippen LogP contribution in [0.3, 0.4) is 0 Å². The van der Waals surface area contributed by atoms with Crippen LogP contribution in [0.1, 0.15) is 31.4 Å². The molecule has 0 saturated carbocycles. The lowest BCUT2D eigenvalue weighted by Crippen LogP contribution is -2.26. The third-order valence-corrected chi connectivity index (χ3v) is 4.19. The molecule has 23 heavy (non-hydrogen) atoms. The second-order valence-corrected chi connectivity index (χ2v) is 5.68. The summed E-state index contributed by atoms with van der Waals surface area (Å²) in [5, 5.41) is 4.30. The first-order valence-corrected chi connectivity index (χ1v) is 7.92. The molecule has 0 unspecified atom stereocenters. The second kappa shape index (κ2) is 5.19. The van der Waals surface area contributed by atoms with Crippen LogP contribution in [-0.2, 0) is 19.5 Å². The van der Waals surface area contributed by atoms with Crippen LogP contribution in [0.4, 0.5) is 5.82 Å². The van der Waals surface area contributed by atoms with Crippen molar-refractivity contribution in [3.8, 4) is 0 Å². The lowest BCUT2D eigenvalue weighted by atomic mass is 10.1. The molecule has 0 fully saturated rings. The van der Waals surface area contributed by atoms with E-state index in [1.54, 1.807) is 10.8 Å². The van der Waals surface area contributed by atoms with Crippen LogP contribution in [-0.4, -0.2) is 29.4 Å². The summed E-state index contributed by atoms with van der Waals surface area (Å²) in [6.07, 6.45) is 8.79. The molecule has 0 radical (unpaired) electrons. The molecule has 0 N–H and O–H groups in total. The minimum atomic E-state index is 0.0159. The van der Waals surface area contributed by atoms with Gasteiger partial charge in [0, 0.05) is 43.7 Å². The number of imidazole rings is 1. The zero-order chi connectivity index (χ0) is 16.0. The van der Waals surface area contributed by atoms with Gasteiger partial charge in [0.1, 0.15) is 5.82 Å². The maximum Gasteiger partial charge on any atom is 0.260 e. The molecule has 0 aromatic carbocycles. The standard InChI is InChI=1S/C16H18N6O/c1-3-6-22-15(23)12-8-13(11-9-18-20(4-2)10-11)19-14(12)21-7-5-17-16(21)22/h5,7,9-10H,3-4,6,8H2,1-2H3. The van der Waals surface area contributed by atoms with Gasteiger partial charge in [0.15, 0.2) is 0 Å². The predicted molar refractivity (Wildman–Crippen MR) is 87.5 cm³/mol. The van der Waals surface area contributed by atoms with E-state index in [-0.39, 0.29) is 5.56 Å². The fraction of sp³-hybridized carbons (Fsp3) is 0.375. The zero-order valence-corrected chi connectivity index (χ0v) is 13.2. The van der Waals surface area contributed by atoms with Crippen molar-refractivity contribution in [3.63, 3.8) is 0 Å². The number of hydrogen-bond acceptors (Lipinski definition) is 4. The van der Waals surface area contributed by atoms with Gasteiger partial charge in [-0.2, -0.15) is 5.10 Å². The van der Waals surface area contributed by atoms with E-state index < -0.39 is 0 Å². The number of aryl methyl sites for hydroxylation is 2. The average molecular weight is 310 g/mol. The summed E-state index contributed by atoms with van der Waals surface area (Å²) in [7, 11) is 0. The molecule has 1 aliphatic rings. The summed E-state index contributed by atoms with van der Waals surface area (Å²) >= 11 is 0. The van der Waals surface area contributed by atoms with Crippen LogP contribution in [0.5, 0.6) is 0 Å². The van der Waals surface area contributed by atoms with Crippen LogP contribution >= 0.6 is 0 Å². The predicted octanol–water partition coefficient (Wildman–Crippen LogP) is 1.80. The number of nitrogens with zero attached hydrogens (tertiary/aromatic N) is 6. The molecule has 4 heterocycles. The summed E-state index contributed by atoms with van der Waals surface area (Å²) in [4.78, 5) is 21.9. The molecule has 0 bridgehead atoms. The van der Waals surface area contributed by atoms with Gasteiger partial charge < -0.3 is 0 Å². The highest BCUT2D eigenvalue weighted by atomic mass is 16.1. The molecule has 118 valence electrons. The molecule has 0 atom stereocenters. The van der Waals surface area contributed by atoms with Gasteiger partial charge in [0.2, 0.25) is 5.78 Å². The summed E-state index contributed by atoms with van der Waals surface area (Å²) in [5.74, 6) is 1.36. The lowest BCUT2D eigenvalue weighted by Gasteiger charge is -2.09. The van der Waals surface area contributed by atoms with Crippen molar-refractivity contribution in [2.75, 3.05) is 0 Å². The third-order valence-electron chi connectivity index (χ3n) is 4.19. The summed E-state index contributed by atoms with van der Waals surface area (Å²) < 4.78 is 5.51. The van der Waals surface area contributed by atoms with E-state index in [2.05, 4.69) is 17.0 Å². The van der Waals surface area contributed by atoms with Crippen LogP contribution in [0.25, 0.3) is 5.78 Å². The number of rotatable bonds is 4. The highest BCUT2D eigenvalue weighted by Crippen LogP contribution is 2.27. The SMILES string of the molecule is CCCn1c(=O)c2c(n3ccnc13)N=C(c1cnn(CC)c1)C2. The molecular formula is C16H18N6O. The maximum atomic E-state index is 12.8. The topological polar surface area (TPSA) is 69.5 Å². The van der Waals surface area contributed by atoms with Gasteiger partial charge in [-0.1, -0.05) is 6.92 Å². The molecule has 0 aliphatic carbocycles. The van der Waals surface area contributed by atoms with Crippen LogP contribution in [0, 0.1) is 0 Å². The first kappa shape index (κ1) is 13.9. The normalized spacial score (nSPS) is 13.6. The highest BCUT2D eigenvalue weighted by molar-refractivity contribution is 6.05. The minimum Gasteiger partial charge on any atom is -0.278 e. The Bertz CT molecular complexity index is 974. The Morgan fingerprint density at radius 2 is 2.17 bits per heavy atom. The molecule has 1 aliphatic heterocycles. The molecule has 7 heteroatoms. The monoisotopic (exact) mass is 310 g/mol. The Hall–Kier alpha value is -2.70. The van der Waals surface area contributed by atoms with Gasteiger partial charge in [0.05, 0.1) is 17.5 Å². The van der Waals surface area contributed by atoms with Crippen molar-refractivity contribution in [2.45, 2.75) is 39.8 Å². The molecule has 3 aromatic rings. The van der Waals surface area contributed by atoms with Crippen LogP contribution in [0.15, 0.2) is 34.6 Å². The fourth-order valence-corrected chi connectivity index (χ4v) is 3.04. The Morgan fingerprint density at radius 3 is 2.91 bits per heavy atom. The Labute approximate surface area is 132 Å². The highest BCUT2D eigenvalue weighted by Gasteiger charge is 2.25. The number of aromatic nitrogens is 5. The van der Waals surface area contributed by atoms with E-state index in [1.165, 1.54) is 0 Å². The summed E-state index contributed by atoms with van der Waals surface area (Å²) in [6.45, 7) is 5.58. The van der Waals surface area contributed by atoms with Gasteiger partial charge in [0.25, 0.3) is 5.56 Å². The number of hydrogen-bond donors (Lipinski definition) is 0. The number of fused-ring (bicyclic) bond motifs is 3. The van der Waals surface area contributed by atoms with Gasteiger partial charge in [-0.25, -0.2) is 9.98 Å². The van der Waals surface area contributed by atoms with Crippen molar-refractivity contribution < 1.29 is 0 Å². The molecule has 4 rings (SSSR count). The quantitative estimate of drug-likeness (QED) is 0.738. The summed E-state index contributed by atoms with van der Waals surface area (Å²) in [5.41, 5.74) is 2.61. The first-order chi connectivity index (χ1) is 11.2. The van der Waals surface area contributed by atoms with E-state index in [1.807, 2.05) is 34.6 Å². The molecular weight excluding hydrogens is 292 g/mol. The molecule has 0 saturated heterocycles. The van der Waals surface area contributed by atoms with Gasteiger partial charge >= 0.3 is 0 Å². The largest absolute Gasteiger partial charge is 0.278 e. The summed E-state index contributed by atoms with van der Waals surface area (Å²) in [6, 6.07) is 0. The minimum absolute atomic E-state index is 0.0159. The first-order valence-electron chi connectivity index (χ1n) is 7.92. The van der Waals surface area contributed by atoms with E-state index in [0.29, 0.717) is 24.6 Å². The van der Waals surface area contributed by atoms with Gasteiger partial charge in [-0.15, -0.1) is 0 Å². The Balaban J connectivity index is 1.88. The van der Waals surface area contributed by atoms with Crippen molar-refractivity contribution in [3.05, 3.63) is 46.3 Å². The van der Waals surface area contributed by atoms with Crippen LogP contribution in [0.2, 0.25) is 0 Å². The fourth-order valence-electron chi connectivity index (χ4n) is 3.04. The molecule has 0 spiro atoms. The van der Waals surface area contributed by atoms with Crippen molar-refractivity contribution >= 4 is 17.3 Å². The molecule has 7 nitrogen and oxygen atoms in total. The lowest BCUT2D eigenvalue weighted by molar-refractivity contribution is 0.653. The van der Waals surface area contributed by atoms with E-state index >= 15 is 0 Å². The van der Waals surface area contributed by atoms with Gasteiger partial charge in [-0.3, -0.25) is 18.4 Å². The number of aliphatic imine (C=N–C) groups is 1. The van der Waals surface area contributed by atoms with Crippen molar-refractivity contribution in [1.82, 2.24) is 23.7 Å².